The maximum absolute atomic E-state index is 6.71. The Morgan fingerprint density at radius 1 is 0.553 bits per heavy atom. The van der Waals surface area contributed by atoms with Gasteiger partial charge in [0.2, 0.25) is 14.1 Å². The highest BCUT2D eigenvalue weighted by molar-refractivity contribution is 6.74. The molecule has 242 valence electrons. The van der Waals surface area contributed by atoms with E-state index in [0.717, 1.165) is 40.0 Å². The van der Waals surface area contributed by atoms with Crippen molar-refractivity contribution < 1.29 is 18.6 Å². The Morgan fingerprint density at radius 3 is 1.49 bits per heavy atom. The summed E-state index contributed by atoms with van der Waals surface area (Å²) in [6.07, 6.45) is 5.03. The van der Waals surface area contributed by atoms with Gasteiger partial charge in [0.15, 0.2) is 11.5 Å². The van der Waals surface area contributed by atoms with Gasteiger partial charge in [-0.05, 0) is 70.6 Å². The molecule has 5 heteroatoms. The van der Waals surface area contributed by atoms with Crippen molar-refractivity contribution in [3.8, 4) is 23.0 Å². The summed E-state index contributed by atoms with van der Waals surface area (Å²) in [4.78, 5) is 0. The maximum atomic E-state index is 6.71. The number of benzene rings is 5. The second kappa shape index (κ2) is 15.7. The number of hydrogen-bond donors (Lipinski definition) is 0. The monoisotopic (exact) mass is 642 g/mol. The van der Waals surface area contributed by atoms with Gasteiger partial charge in [-0.3, -0.25) is 0 Å². The Kier molecular flexibility index (Phi) is 11.2. The molecular weight excluding hydrogens is 597 g/mol. The van der Waals surface area contributed by atoms with Gasteiger partial charge >= 0.3 is 0 Å². The van der Waals surface area contributed by atoms with E-state index in [1.807, 2.05) is 66.7 Å². The van der Waals surface area contributed by atoms with Crippen molar-refractivity contribution in [1.29, 1.82) is 0 Å². The molecule has 0 spiro atoms. The fraction of sp³-hybridized carbons (Fsp3) is 0.238. The molecule has 5 aromatic carbocycles. The van der Waals surface area contributed by atoms with Crippen molar-refractivity contribution in [2.75, 3.05) is 0 Å². The van der Waals surface area contributed by atoms with Crippen LogP contribution in [0.2, 0.25) is 18.1 Å². The van der Waals surface area contributed by atoms with E-state index in [-0.39, 0.29) is 5.04 Å². The molecule has 0 aromatic heterocycles. The van der Waals surface area contributed by atoms with Crippen molar-refractivity contribution in [2.24, 2.45) is 0 Å². The Hall–Kier alpha value is -4.74. The van der Waals surface area contributed by atoms with Crippen molar-refractivity contribution in [3.63, 3.8) is 0 Å². The lowest BCUT2D eigenvalue weighted by Gasteiger charge is -2.37. The summed E-state index contributed by atoms with van der Waals surface area (Å²) in [5.74, 6) is 2.83. The molecule has 5 aromatic rings. The first-order valence-corrected chi connectivity index (χ1v) is 19.2. The summed E-state index contributed by atoms with van der Waals surface area (Å²) in [5.41, 5.74) is 5.35. The first-order chi connectivity index (χ1) is 22.7. The molecule has 0 saturated heterocycles. The number of hydrogen-bond acceptors (Lipinski definition) is 4. The summed E-state index contributed by atoms with van der Waals surface area (Å²) in [6, 6.07) is 42.9. The molecule has 0 saturated carbocycles. The fourth-order valence-electron chi connectivity index (χ4n) is 4.77. The van der Waals surface area contributed by atoms with Crippen LogP contribution in [-0.2, 0) is 26.2 Å². The highest BCUT2D eigenvalue weighted by atomic mass is 28.4. The van der Waals surface area contributed by atoms with Gasteiger partial charge in [0, 0.05) is 0 Å². The van der Waals surface area contributed by atoms with Crippen LogP contribution in [0.25, 0.3) is 6.08 Å². The average molecular weight is 643 g/mol. The molecule has 0 aliphatic heterocycles. The van der Waals surface area contributed by atoms with Crippen molar-refractivity contribution in [3.05, 3.63) is 161 Å². The lowest BCUT2D eigenvalue weighted by Crippen LogP contribution is -2.44. The molecule has 0 unspecified atom stereocenters. The smallest absolute Gasteiger partial charge is 0.250 e. The van der Waals surface area contributed by atoms with E-state index in [1.54, 1.807) is 0 Å². The Morgan fingerprint density at radius 2 is 1.00 bits per heavy atom. The van der Waals surface area contributed by atoms with Gasteiger partial charge in [0.25, 0.3) is 0 Å². The molecule has 0 aliphatic rings. The minimum absolute atomic E-state index is 0.118. The van der Waals surface area contributed by atoms with Crippen LogP contribution in [0, 0.1) is 0 Å². The third kappa shape index (κ3) is 9.63. The molecule has 0 N–H and O–H groups in total. The third-order valence-electron chi connectivity index (χ3n) is 8.54. The zero-order chi connectivity index (χ0) is 33.1. The van der Waals surface area contributed by atoms with Crippen LogP contribution in [0.5, 0.6) is 23.0 Å². The van der Waals surface area contributed by atoms with Crippen molar-refractivity contribution in [2.45, 2.75) is 65.1 Å². The standard InChI is InChI=1S/C42H46O4Si/c1-42(2,3)47(4,5)46-38-27-16-15-25-37(38)26-17-24-36-28-39(43-30-33-18-9-6-10-19-33)41(45-32-35-22-13-8-14-23-35)40(29-36)44-31-34-20-11-7-12-21-34/h6-25,27-29H,26,30-32H2,1-5H3/b24-17+. The Labute approximate surface area is 281 Å². The average Bonchev–Trinajstić information content (AvgIpc) is 3.07. The van der Waals surface area contributed by atoms with Crippen LogP contribution in [0.15, 0.2) is 133 Å². The lowest BCUT2D eigenvalue weighted by molar-refractivity contribution is 0.230. The third-order valence-corrected chi connectivity index (χ3v) is 12.9. The Balaban J connectivity index is 1.45. The molecule has 47 heavy (non-hydrogen) atoms. The second-order valence-electron chi connectivity index (χ2n) is 13.2. The first kappa shape index (κ1) is 33.6. The maximum Gasteiger partial charge on any atom is 0.250 e. The highest BCUT2D eigenvalue weighted by Gasteiger charge is 2.39. The predicted octanol–water partition coefficient (Wildman–Crippen LogP) is 11.1. The van der Waals surface area contributed by atoms with E-state index in [4.69, 9.17) is 18.6 Å². The predicted molar refractivity (Wildman–Crippen MR) is 196 cm³/mol. The van der Waals surface area contributed by atoms with Crippen LogP contribution in [0.3, 0.4) is 0 Å². The number of rotatable bonds is 14. The molecule has 0 radical (unpaired) electrons. The largest absolute Gasteiger partial charge is 0.543 e. The molecule has 4 nitrogen and oxygen atoms in total. The molecule has 0 aliphatic carbocycles. The van der Waals surface area contributed by atoms with E-state index in [1.165, 1.54) is 0 Å². The van der Waals surface area contributed by atoms with Gasteiger partial charge in [-0.2, -0.15) is 0 Å². The summed E-state index contributed by atoms with van der Waals surface area (Å²) >= 11 is 0. The van der Waals surface area contributed by atoms with Crippen LogP contribution < -0.4 is 18.6 Å². The molecule has 0 bridgehead atoms. The van der Waals surface area contributed by atoms with Crippen LogP contribution in [0.1, 0.15) is 48.6 Å². The van der Waals surface area contributed by atoms with Gasteiger partial charge in [-0.25, -0.2) is 0 Å². The lowest BCUT2D eigenvalue weighted by atomic mass is 10.1. The SMILES string of the molecule is CC(C)(C)[Si](C)(C)Oc1ccccc1C/C=C/c1cc(OCc2ccccc2)c(OCc2ccccc2)c(OCc2ccccc2)c1. The zero-order valence-electron chi connectivity index (χ0n) is 28.2. The quantitative estimate of drug-likeness (QED) is 0.113. The number of ether oxygens (including phenoxy) is 3. The topological polar surface area (TPSA) is 36.9 Å². The van der Waals surface area contributed by atoms with Gasteiger partial charge < -0.3 is 18.6 Å². The molecular formula is C42H46O4Si. The van der Waals surface area contributed by atoms with E-state index in [0.29, 0.717) is 37.1 Å². The Bertz CT molecular complexity index is 1660. The van der Waals surface area contributed by atoms with E-state index < -0.39 is 8.32 Å². The molecule has 0 heterocycles. The second-order valence-corrected chi connectivity index (χ2v) is 18.0. The van der Waals surface area contributed by atoms with Gasteiger partial charge in [-0.15, -0.1) is 0 Å². The van der Waals surface area contributed by atoms with Gasteiger partial charge in [0.1, 0.15) is 25.6 Å². The molecule has 0 fully saturated rings. The minimum Gasteiger partial charge on any atom is -0.543 e. The van der Waals surface area contributed by atoms with Gasteiger partial charge in [-0.1, -0.05) is 142 Å². The summed E-state index contributed by atoms with van der Waals surface area (Å²) < 4.78 is 26.1. The van der Waals surface area contributed by atoms with E-state index >= 15 is 0 Å². The minimum atomic E-state index is -1.98. The van der Waals surface area contributed by atoms with E-state index in [9.17, 15) is 0 Å². The highest BCUT2D eigenvalue weighted by Crippen LogP contribution is 2.41. The van der Waals surface area contributed by atoms with Crippen LogP contribution >= 0.6 is 0 Å². The molecule has 0 atom stereocenters. The zero-order valence-corrected chi connectivity index (χ0v) is 29.2. The summed E-state index contributed by atoms with van der Waals surface area (Å²) in [7, 11) is -1.98. The van der Waals surface area contributed by atoms with Crippen LogP contribution in [0.4, 0.5) is 0 Å². The normalized spacial score (nSPS) is 11.8. The molecule has 0 amide bonds. The fourth-order valence-corrected chi connectivity index (χ4v) is 5.83. The van der Waals surface area contributed by atoms with Gasteiger partial charge in [0.05, 0.1) is 0 Å². The number of para-hydroxylation sites is 1. The van der Waals surface area contributed by atoms with E-state index in [2.05, 4.69) is 107 Å². The summed E-state index contributed by atoms with van der Waals surface area (Å²) in [6.45, 7) is 12.6. The van der Waals surface area contributed by atoms with Crippen LogP contribution in [-0.4, -0.2) is 8.32 Å². The first-order valence-electron chi connectivity index (χ1n) is 16.3. The molecule has 5 rings (SSSR count). The van der Waals surface area contributed by atoms with Crippen molar-refractivity contribution >= 4 is 14.4 Å². The number of allylic oxidation sites excluding steroid dienone is 1. The van der Waals surface area contributed by atoms with Crippen molar-refractivity contribution in [1.82, 2.24) is 0 Å². The summed E-state index contributed by atoms with van der Waals surface area (Å²) in [5, 5.41) is 0.118.